The van der Waals surface area contributed by atoms with Gasteiger partial charge in [-0.15, -0.1) is 0 Å². The predicted molar refractivity (Wildman–Crippen MR) is 85.4 cm³/mol. The summed E-state index contributed by atoms with van der Waals surface area (Å²) >= 11 is 3.37. The highest BCUT2D eigenvalue weighted by Crippen LogP contribution is 2.28. The second-order valence-corrected chi connectivity index (χ2v) is 6.30. The van der Waals surface area contributed by atoms with E-state index in [0.29, 0.717) is 12.1 Å². The fraction of sp³-hybridized carbons (Fsp3) is 0.533. The first-order valence-corrected chi connectivity index (χ1v) is 8.05. The smallest absolute Gasteiger partial charge is 0.308 e. The van der Waals surface area contributed by atoms with Gasteiger partial charge in [-0.05, 0) is 31.7 Å². The maximum atomic E-state index is 11.5. The van der Waals surface area contributed by atoms with Gasteiger partial charge >= 0.3 is 5.97 Å². The van der Waals surface area contributed by atoms with Crippen LogP contribution in [0.1, 0.15) is 31.2 Å². The molecule has 120 valence electrons. The molecule has 22 heavy (non-hydrogen) atoms. The van der Waals surface area contributed by atoms with Gasteiger partial charge in [0, 0.05) is 23.1 Å². The van der Waals surface area contributed by atoms with Crippen LogP contribution in [0, 0.1) is 16.0 Å². The average Bonchev–Trinajstić information content (AvgIpc) is 2.53. The Morgan fingerprint density at radius 2 is 2.09 bits per heavy atom. The van der Waals surface area contributed by atoms with E-state index in [1.807, 2.05) is 0 Å². The van der Waals surface area contributed by atoms with E-state index in [-0.39, 0.29) is 28.5 Å². The van der Waals surface area contributed by atoms with Gasteiger partial charge in [0.2, 0.25) is 0 Å². The van der Waals surface area contributed by atoms with Crippen LogP contribution in [0.4, 0.5) is 5.69 Å². The second-order valence-electron chi connectivity index (χ2n) is 5.45. The number of esters is 1. The Morgan fingerprint density at radius 3 is 2.68 bits per heavy atom. The molecule has 0 spiro atoms. The number of nitrogens with zero attached hydrogens (tertiary/aromatic N) is 1. The van der Waals surface area contributed by atoms with Crippen molar-refractivity contribution in [1.82, 2.24) is 5.32 Å². The predicted octanol–water partition coefficient (Wildman–Crippen LogP) is 3.18. The number of carbonyl (C=O) groups is 1. The van der Waals surface area contributed by atoms with Crippen LogP contribution >= 0.6 is 15.9 Å². The SMILES string of the molecule is COC(=O)C1CCC(NCc2c(Br)cccc2[N+](=O)[O-])CC1. The van der Waals surface area contributed by atoms with E-state index in [9.17, 15) is 14.9 Å². The monoisotopic (exact) mass is 370 g/mol. The highest BCUT2D eigenvalue weighted by Gasteiger charge is 2.27. The molecule has 1 fully saturated rings. The summed E-state index contributed by atoms with van der Waals surface area (Å²) in [6.07, 6.45) is 3.33. The number of halogens is 1. The van der Waals surface area contributed by atoms with Crippen LogP contribution in [0.25, 0.3) is 0 Å². The summed E-state index contributed by atoms with van der Waals surface area (Å²) in [4.78, 5) is 22.2. The molecule has 1 N–H and O–H groups in total. The van der Waals surface area contributed by atoms with Gasteiger partial charge in [0.25, 0.3) is 5.69 Å². The van der Waals surface area contributed by atoms with Gasteiger partial charge in [-0.2, -0.15) is 0 Å². The first-order chi connectivity index (χ1) is 10.5. The Morgan fingerprint density at radius 1 is 1.41 bits per heavy atom. The Hall–Kier alpha value is -1.47. The van der Waals surface area contributed by atoms with Gasteiger partial charge in [-0.3, -0.25) is 14.9 Å². The standard InChI is InChI=1S/C15H19BrN2O4/c1-22-15(19)10-5-7-11(8-6-10)17-9-12-13(16)3-2-4-14(12)18(20)21/h2-4,10-11,17H,5-9H2,1H3. The second kappa shape index (κ2) is 7.69. The molecule has 2 rings (SSSR count). The number of benzene rings is 1. The molecular formula is C15H19BrN2O4. The summed E-state index contributed by atoms with van der Waals surface area (Å²) in [5.41, 5.74) is 0.771. The van der Waals surface area contributed by atoms with Crippen molar-refractivity contribution in [1.29, 1.82) is 0 Å². The molecule has 0 atom stereocenters. The lowest BCUT2D eigenvalue weighted by Gasteiger charge is -2.27. The minimum Gasteiger partial charge on any atom is -0.469 e. The van der Waals surface area contributed by atoms with Crippen molar-refractivity contribution in [3.8, 4) is 0 Å². The molecule has 1 aromatic rings. The summed E-state index contributed by atoms with van der Waals surface area (Å²) < 4.78 is 5.51. The van der Waals surface area contributed by atoms with E-state index in [1.54, 1.807) is 12.1 Å². The first kappa shape index (κ1) is 16.9. The molecule has 0 unspecified atom stereocenters. The van der Waals surface area contributed by atoms with E-state index >= 15 is 0 Å². The van der Waals surface area contributed by atoms with E-state index in [2.05, 4.69) is 21.2 Å². The quantitative estimate of drug-likeness (QED) is 0.489. The van der Waals surface area contributed by atoms with Crippen LogP contribution in [0.5, 0.6) is 0 Å². The highest BCUT2D eigenvalue weighted by molar-refractivity contribution is 9.10. The summed E-state index contributed by atoms with van der Waals surface area (Å²) in [7, 11) is 1.42. The Labute approximate surface area is 137 Å². The topological polar surface area (TPSA) is 81.5 Å². The van der Waals surface area contributed by atoms with Gasteiger partial charge in [-0.25, -0.2) is 0 Å². The maximum absolute atomic E-state index is 11.5. The Bertz CT molecular complexity index is 556. The number of rotatable bonds is 5. The lowest BCUT2D eigenvalue weighted by Crippen LogP contribution is -2.35. The minimum atomic E-state index is -0.365. The third-order valence-electron chi connectivity index (χ3n) is 4.12. The molecule has 0 bridgehead atoms. The maximum Gasteiger partial charge on any atom is 0.308 e. The molecule has 1 saturated carbocycles. The average molecular weight is 371 g/mol. The van der Waals surface area contributed by atoms with Gasteiger partial charge in [0.05, 0.1) is 23.5 Å². The lowest BCUT2D eigenvalue weighted by molar-refractivity contribution is -0.385. The summed E-state index contributed by atoms with van der Waals surface area (Å²) in [6, 6.07) is 5.24. The Balaban J connectivity index is 1.92. The number of hydrogen-bond donors (Lipinski definition) is 1. The number of nitro groups is 1. The van der Waals surface area contributed by atoms with Gasteiger partial charge < -0.3 is 10.1 Å². The molecule has 7 heteroatoms. The van der Waals surface area contributed by atoms with Crippen molar-refractivity contribution in [2.24, 2.45) is 5.92 Å². The van der Waals surface area contributed by atoms with Crippen LogP contribution in [0.3, 0.4) is 0 Å². The third kappa shape index (κ3) is 4.04. The van der Waals surface area contributed by atoms with Crippen molar-refractivity contribution in [3.05, 3.63) is 38.3 Å². The van der Waals surface area contributed by atoms with Crippen LogP contribution in [-0.2, 0) is 16.1 Å². The van der Waals surface area contributed by atoms with Crippen LogP contribution in [0.15, 0.2) is 22.7 Å². The number of ether oxygens (including phenoxy) is 1. The normalized spacial score (nSPS) is 21.4. The largest absolute Gasteiger partial charge is 0.469 e. The number of hydrogen-bond acceptors (Lipinski definition) is 5. The van der Waals surface area contributed by atoms with Crippen molar-refractivity contribution in [2.75, 3.05) is 7.11 Å². The number of methoxy groups -OCH3 is 1. The number of nitrogens with one attached hydrogen (secondary N) is 1. The minimum absolute atomic E-state index is 0.0131. The van der Waals surface area contributed by atoms with Gasteiger partial charge in [0.15, 0.2) is 0 Å². The Kier molecular flexibility index (Phi) is 5.90. The molecule has 0 saturated heterocycles. The zero-order valence-electron chi connectivity index (χ0n) is 12.4. The highest BCUT2D eigenvalue weighted by atomic mass is 79.9. The third-order valence-corrected chi connectivity index (χ3v) is 4.86. The molecule has 0 radical (unpaired) electrons. The van der Waals surface area contributed by atoms with Crippen LogP contribution < -0.4 is 5.32 Å². The molecule has 1 aliphatic carbocycles. The van der Waals surface area contributed by atoms with Crippen molar-refractivity contribution < 1.29 is 14.5 Å². The number of carbonyl (C=O) groups excluding carboxylic acids is 1. The fourth-order valence-electron chi connectivity index (χ4n) is 2.84. The zero-order valence-corrected chi connectivity index (χ0v) is 14.0. The van der Waals surface area contributed by atoms with E-state index < -0.39 is 0 Å². The molecule has 6 nitrogen and oxygen atoms in total. The molecule has 1 aliphatic rings. The number of nitro benzene ring substituents is 1. The van der Waals surface area contributed by atoms with E-state index in [4.69, 9.17) is 4.74 Å². The molecule has 0 amide bonds. The van der Waals surface area contributed by atoms with Crippen molar-refractivity contribution >= 4 is 27.6 Å². The molecule has 1 aromatic carbocycles. The molecule has 0 aliphatic heterocycles. The van der Waals surface area contributed by atoms with Gasteiger partial charge in [0.1, 0.15) is 0 Å². The van der Waals surface area contributed by atoms with Crippen molar-refractivity contribution in [2.45, 2.75) is 38.3 Å². The summed E-state index contributed by atoms with van der Waals surface area (Å²) in [6.45, 7) is 0.436. The lowest BCUT2D eigenvalue weighted by atomic mass is 9.86. The van der Waals surface area contributed by atoms with Crippen LogP contribution in [-0.4, -0.2) is 24.0 Å². The fourth-order valence-corrected chi connectivity index (χ4v) is 3.34. The first-order valence-electron chi connectivity index (χ1n) is 7.26. The van der Waals surface area contributed by atoms with Crippen LogP contribution in [0.2, 0.25) is 0 Å². The summed E-state index contributed by atoms with van der Waals surface area (Å²) in [5.74, 6) is -0.152. The molecule has 0 aromatic heterocycles. The molecular weight excluding hydrogens is 352 g/mol. The van der Waals surface area contributed by atoms with Crippen molar-refractivity contribution in [3.63, 3.8) is 0 Å². The van der Waals surface area contributed by atoms with E-state index in [0.717, 1.165) is 30.2 Å². The molecule has 0 heterocycles. The zero-order chi connectivity index (χ0) is 16.1. The van der Waals surface area contributed by atoms with Gasteiger partial charge in [-0.1, -0.05) is 22.0 Å². The summed E-state index contributed by atoms with van der Waals surface area (Å²) in [5, 5.41) is 14.4. The van der Waals surface area contributed by atoms with E-state index in [1.165, 1.54) is 13.2 Å².